The molecule has 9 nitrogen and oxygen atoms in total. The molecule has 0 bridgehead atoms. The highest BCUT2D eigenvalue weighted by molar-refractivity contribution is 6.08. The summed E-state index contributed by atoms with van der Waals surface area (Å²) in [6, 6.07) is 9.22. The normalized spacial score (nSPS) is 30.3. The number of benzene rings is 2. The van der Waals surface area contributed by atoms with Crippen LogP contribution in [0.4, 0.5) is 0 Å². The summed E-state index contributed by atoms with van der Waals surface area (Å²) in [7, 11) is 2.88. The minimum Gasteiger partial charge on any atom is -0.504 e. The van der Waals surface area contributed by atoms with Crippen LogP contribution in [0.2, 0.25) is 0 Å². The van der Waals surface area contributed by atoms with Gasteiger partial charge in [-0.25, -0.2) is 0 Å². The first-order valence-electron chi connectivity index (χ1n) is 15.2. The van der Waals surface area contributed by atoms with Crippen molar-refractivity contribution >= 4 is 23.4 Å². The number of Topliss-reactive ketones (excluding diaryl/α,β-unsaturated/α-hetero) is 2. The molecular weight excluding hydrogens is 562 g/mol. The number of allylic oxidation sites excluding steroid dienone is 2. The maximum atomic E-state index is 14.5. The number of rotatable bonds is 9. The molecule has 44 heavy (non-hydrogen) atoms. The Morgan fingerprint density at radius 2 is 1.80 bits per heavy atom. The third-order valence-corrected chi connectivity index (χ3v) is 9.84. The molecule has 3 N–H and O–H groups in total. The number of piperidine rings is 1. The van der Waals surface area contributed by atoms with Crippen molar-refractivity contribution in [1.82, 2.24) is 4.90 Å². The van der Waals surface area contributed by atoms with E-state index in [0.29, 0.717) is 29.8 Å². The molecule has 234 valence electrons. The molecule has 0 aromatic heterocycles. The summed E-state index contributed by atoms with van der Waals surface area (Å²) < 4.78 is 10.5. The number of ether oxygens (including phenoxy) is 2. The first-order chi connectivity index (χ1) is 21.1. The summed E-state index contributed by atoms with van der Waals surface area (Å²) in [6.07, 6.45) is 7.44. The maximum Gasteiger partial charge on any atom is 0.163 e. The van der Waals surface area contributed by atoms with E-state index >= 15 is 0 Å². The molecule has 5 rings (SSSR count). The molecule has 7 unspecified atom stereocenters. The van der Waals surface area contributed by atoms with Crippen molar-refractivity contribution in [2.45, 2.75) is 63.1 Å². The van der Waals surface area contributed by atoms with Gasteiger partial charge in [-0.15, -0.1) is 0 Å². The molecule has 2 saturated heterocycles. The van der Waals surface area contributed by atoms with Crippen LogP contribution in [0.3, 0.4) is 0 Å². The first kappa shape index (κ1) is 31.5. The van der Waals surface area contributed by atoms with Crippen LogP contribution in [0, 0.1) is 17.8 Å². The van der Waals surface area contributed by atoms with E-state index in [1.54, 1.807) is 24.3 Å². The smallest absolute Gasteiger partial charge is 0.163 e. The van der Waals surface area contributed by atoms with E-state index in [0.717, 1.165) is 12.8 Å². The van der Waals surface area contributed by atoms with Crippen LogP contribution in [-0.2, 0) is 14.4 Å². The van der Waals surface area contributed by atoms with Crippen molar-refractivity contribution in [3.63, 3.8) is 0 Å². The van der Waals surface area contributed by atoms with E-state index in [-0.39, 0.29) is 41.3 Å². The monoisotopic (exact) mass is 603 g/mol. The number of aromatic hydroxyl groups is 2. The van der Waals surface area contributed by atoms with Gasteiger partial charge in [-0.2, -0.15) is 0 Å². The largest absolute Gasteiger partial charge is 0.504 e. The van der Waals surface area contributed by atoms with E-state index in [1.807, 2.05) is 26.0 Å². The number of nitrogens with zero attached hydrogens (tertiary/aromatic N) is 1. The Bertz CT molecular complexity index is 1500. The Kier molecular flexibility index (Phi) is 9.00. The van der Waals surface area contributed by atoms with Gasteiger partial charge in [0.15, 0.2) is 34.6 Å². The van der Waals surface area contributed by atoms with Gasteiger partial charge in [0.05, 0.1) is 26.7 Å². The number of aliphatic hydroxyl groups excluding tert-OH is 1. The van der Waals surface area contributed by atoms with Crippen molar-refractivity contribution < 1.29 is 39.2 Å². The van der Waals surface area contributed by atoms with Crippen LogP contribution in [-0.4, -0.2) is 76.0 Å². The fourth-order valence-electron chi connectivity index (χ4n) is 7.96. The van der Waals surface area contributed by atoms with E-state index in [1.165, 1.54) is 38.5 Å². The fraction of sp³-hybridized carbons (Fsp3) is 0.457. The van der Waals surface area contributed by atoms with Gasteiger partial charge in [-0.3, -0.25) is 19.3 Å². The minimum atomic E-state index is -1.38. The van der Waals surface area contributed by atoms with Crippen LogP contribution >= 0.6 is 0 Å². The number of hydrogen-bond donors (Lipinski definition) is 3. The van der Waals surface area contributed by atoms with Gasteiger partial charge in [0.2, 0.25) is 0 Å². The number of methoxy groups -OCH3 is 2. The summed E-state index contributed by atoms with van der Waals surface area (Å²) in [6.45, 7) is 4.24. The number of carbonyl (C=O) groups is 3. The highest BCUT2D eigenvalue weighted by Gasteiger charge is 2.72. The second-order valence-electron chi connectivity index (χ2n) is 12.1. The van der Waals surface area contributed by atoms with Gasteiger partial charge in [-0.05, 0) is 67.8 Å². The van der Waals surface area contributed by atoms with Gasteiger partial charge in [0.1, 0.15) is 11.3 Å². The number of phenols is 2. The van der Waals surface area contributed by atoms with E-state index in [4.69, 9.17) is 9.47 Å². The molecule has 2 aromatic carbocycles. The number of phenolic OH excluding ortho intramolecular Hbond substituents is 2. The lowest BCUT2D eigenvalue weighted by Gasteiger charge is -2.44. The van der Waals surface area contributed by atoms with Crippen molar-refractivity contribution in [2.75, 3.05) is 20.8 Å². The number of carbonyl (C=O) groups excluding carboxylic acids is 3. The summed E-state index contributed by atoms with van der Waals surface area (Å²) in [5, 5.41) is 32.6. The average Bonchev–Trinajstić information content (AvgIpc) is 3.42. The Morgan fingerprint density at radius 3 is 2.48 bits per heavy atom. The molecule has 1 aliphatic carbocycles. The molecule has 2 heterocycles. The molecule has 1 saturated carbocycles. The summed E-state index contributed by atoms with van der Waals surface area (Å²) >= 11 is 0. The zero-order valence-corrected chi connectivity index (χ0v) is 25.6. The van der Waals surface area contributed by atoms with Crippen molar-refractivity contribution in [2.24, 2.45) is 17.8 Å². The number of fused-ring (bicyclic) bond motifs is 2. The molecule has 0 amide bonds. The number of hydrogen-bond acceptors (Lipinski definition) is 9. The second kappa shape index (κ2) is 12.6. The predicted molar refractivity (Wildman–Crippen MR) is 165 cm³/mol. The van der Waals surface area contributed by atoms with Crippen LogP contribution in [0.15, 0.2) is 54.6 Å². The standard InChI is InChI=1S/C35H41NO8/c1-5-8-24-20(2)33(41)35(34(24)42)32(22-12-14-26(38)30(18-22)44-4)31(25-9-6-7-16-36(25)35)28(40)19-23(37)13-10-21-11-15-29(43-3)27(39)17-21/h5,8,10-15,17-18,20,24-25,31-32,34,38-39,42H,6-7,9,16,19H2,1-4H3/b8-5?,13-10+. The highest BCUT2D eigenvalue weighted by atomic mass is 16.5. The van der Waals surface area contributed by atoms with Crippen molar-refractivity contribution in [3.8, 4) is 23.0 Å². The van der Waals surface area contributed by atoms with Gasteiger partial charge in [0.25, 0.3) is 0 Å². The van der Waals surface area contributed by atoms with Crippen LogP contribution < -0.4 is 9.47 Å². The molecular formula is C35H41NO8. The van der Waals surface area contributed by atoms with E-state index < -0.39 is 41.1 Å². The van der Waals surface area contributed by atoms with Gasteiger partial charge in [-0.1, -0.05) is 43.7 Å². The molecule has 3 aliphatic rings. The molecule has 3 fully saturated rings. The fourth-order valence-corrected chi connectivity index (χ4v) is 7.96. The van der Waals surface area contributed by atoms with Gasteiger partial charge < -0.3 is 24.8 Å². The highest BCUT2D eigenvalue weighted by Crippen LogP contribution is 2.60. The van der Waals surface area contributed by atoms with Crippen molar-refractivity contribution in [3.05, 3.63) is 65.8 Å². The zero-order valence-electron chi connectivity index (χ0n) is 25.6. The Morgan fingerprint density at radius 1 is 1.05 bits per heavy atom. The lowest BCUT2D eigenvalue weighted by Crippen LogP contribution is -2.61. The van der Waals surface area contributed by atoms with Gasteiger partial charge in [0, 0.05) is 29.7 Å². The molecule has 2 aliphatic heterocycles. The molecule has 9 heteroatoms. The minimum absolute atomic E-state index is 0.0655. The molecule has 0 radical (unpaired) electrons. The number of ketones is 3. The molecule has 2 aromatic rings. The quantitative estimate of drug-likeness (QED) is 0.216. The van der Waals surface area contributed by atoms with E-state index in [9.17, 15) is 29.7 Å². The third-order valence-electron chi connectivity index (χ3n) is 9.84. The molecule has 7 atom stereocenters. The predicted octanol–water partition coefficient (Wildman–Crippen LogP) is 4.44. The number of aliphatic hydroxyl groups is 1. The van der Waals surface area contributed by atoms with Crippen LogP contribution in [0.5, 0.6) is 23.0 Å². The Labute approximate surface area is 257 Å². The average molecular weight is 604 g/mol. The Hall–Kier alpha value is -3.95. The SMILES string of the molecule is CC=CC1C(C)C(=O)C2(C1O)C(c1ccc(O)c(OC)c1)C(C(=O)CC(=O)/C=C/c1ccc(OC)c(O)c1)C1CCCCN12. The lowest BCUT2D eigenvalue weighted by atomic mass is 9.69. The summed E-state index contributed by atoms with van der Waals surface area (Å²) in [5.74, 6) is -2.88. The van der Waals surface area contributed by atoms with Crippen LogP contribution in [0.1, 0.15) is 56.6 Å². The van der Waals surface area contributed by atoms with E-state index in [2.05, 4.69) is 4.90 Å². The first-order valence-corrected chi connectivity index (χ1v) is 15.2. The summed E-state index contributed by atoms with van der Waals surface area (Å²) in [4.78, 5) is 44.0. The third kappa shape index (κ3) is 5.12. The maximum absolute atomic E-state index is 14.5. The second-order valence-corrected chi connectivity index (χ2v) is 12.1. The zero-order chi connectivity index (χ0) is 31.8. The van der Waals surface area contributed by atoms with Crippen LogP contribution in [0.25, 0.3) is 6.08 Å². The van der Waals surface area contributed by atoms with Crippen molar-refractivity contribution in [1.29, 1.82) is 0 Å². The van der Waals surface area contributed by atoms with Gasteiger partial charge >= 0.3 is 0 Å². The Balaban J connectivity index is 1.57. The molecule has 1 spiro atoms. The topological polar surface area (TPSA) is 134 Å². The lowest BCUT2D eigenvalue weighted by molar-refractivity contribution is -0.135. The summed E-state index contributed by atoms with van der Waals surface area (Å²) in [5.41, 5.74) is -0.207.